The molecule has 1 N–H and O–H groups in total. The van der Waals surface area contributed by atoms with Gasteiger partial charge in [-0.05, 0) is 43.2 Å². The molecular weight excluding hydrogens is 429 g/mol. The fourth-order valence-electron chi connectivity index (χ4n) is 3.25. The molecule has 1 heterocycles. The van der Waals surface area contributed by atoms with Gasteiger partial charge in [0.25, 0.3) is 5.91 Å². The van der Waals surface area contributed by atoms with Crippen molar-refractivity contribution in [3.63, 3.8) is 0 Å². The van der Waals surface area contributed by atoms with Gasteiger partial charge in [-0.15, -0.1) is 0 Å². The molecule has 0 aliphatic heterocycles. The van der Waals surface area contributed by atoms with Crippen LogP contribution in [0.1, 0.15) is 37.3 Å². The van der Waals surface area contributed by atoms with Crippen LogP contribution in [-0.2, 0) is 7.05 Å². The second-order valence-electron chi connectivity index (χ2n) is 6.81. The number of carbonyl (C=O) groups excluding carboxylic acids is 1. The summed E-state index contributed by atoms with van der Waals surface area (Å²) in [5.41, 5.74) is 2.98. The maximum atomic E-state index is 12.9. The van der Waals surface area contributed by atoms with Crippen molar-refractivity contribution in [2.45, 2.75) is 32.7 Å². The van der Waals surface area contributed by atoms with E-state index in [0.29, 0.717) is 32.1 Å². The van der Waals surface area contributed by atoms with E-state index in [0.717, 1.165) is 24.1 Å². The summed E-state index contributed by atoms with van der Waals surface area (Å²) in [6.07, 6.45) is 1.71. The van der Waals surface area contributed by atoms with Gasteiger partial charge in [0.2, 0.25) is 0 Å². The Hall–Kier alpha value is -2.01. The summed E-state index contributed by atoms with van der Waals surface area (Å²) in [6.45, 7) is 4.09. The van der Waals surface area contributed by atoms with Gasteiger partial charge in [0.15, 0.2) is 5.82 Å². The minimum absolute atomic E-state index is 0.0979. The molecular formula is C22H22Cl3N3O. The third-order valence-electron chi connectivity index (χ3n) is 4.92. The third kappa shape index (κ3) is 4.61. The van der Waals surface area contributed by atoms with E-state index < -0.39 is 0 Å². The van der Waals surface area contributed by atoms with Crippen LogP contribution >= 0.6 is 34.8 Å². The van der Waals surface area contributed by atoms with Gasteiger partial charge in [0, 0.05) is 34.3 Å². The normalized spacial score (nSPS) is 11.1. The molecule has 0 bridgehead atoms. The molecule has 7 heteroatoms. The number of nitrogens with zero attached hydrogens (tertiary/aromatic N) is 2. The highest BCUT2D eigenvalue weighted by Gasteiger charge is 2.24. The van der Waals surface area contributed by atoms with Gasteiger partial charge in [-0.1, -0.05) is 60.8 Å². The molecule has 0 unspecified atom stereocenters. The number of aromatic nitrogens is 2. The SMILES string of the molecule is CCC(CC)NC(=O)c1nc(-c2ccc(Cl)cc2Cl)c(-c2ccc(Cl)cc2)n1C. The predicted molar refractivity (Wildman–Crippen MR) is 121 cm³/mol. The molecule has 0 spiro atoms. The minimum Gasteiger partial charge on any atom is -0.347 e. The number of benzene rings is 2. The van der Waals surface area contributed by atoms with E-state index in [2.05, 4.69) is 10.3 Å². The van der Waals surface area contributed by atoms with E-state index >= 15 is 0 Å². The number of imidazole rings is 1. The van der Waals surface area contributed by atoms with Crippen molar-refractivity contribution in [1.29, 1.82) is 0 Å². The van der Waals surface area contributed by atoms with Crippen molar-refractivity contribution in [3.8, 4) is 22.5 Å². The molecule has 1 aromatic heterocycles. The summed E-state index contributed by atoms with van der Waals surface area (Å²) in [5, 5.41) is 4.69. The maximum Gasteiger partial charge on any atom is 0.287 e. The summed E-state index contributed by atoms with van der Waals surface area (Å²) >= 11 is 18.6. The number of amides is 1. The van der Waals surface area contributed by atoms with Crippen molar-refractivity contribution in [3.05, 3.63) is 63.4 Å². The molecule has 4 nitrogen and oxygen atoms in total. The first-order valence-electron chi connectivity index (χ1n) is 9.44. The molecule has 2 aromatic carbocycles. The number of nitrogens with one attached hydrogen (secondary N) is 1. The quantitative estimate of drug-likeness (QED) is 0.458. The van der Waals surface area contributed by atoms with Crippen molar-refractivity contribution in [1.82, 2.24) is 14.9 Å². The van der Waals surface area contributed by atoms with Crippen LogP contribution in [0.4, 0.5) is 0 Å². The predicted octanol–water partition coefficient (Wildman–Crippen LogP) is 6.63. The number of hydrogen-bond acceptors (Lipinski definition) is 2. The van der Waals surface area contributed by atoms with E-state index in [4.69, 9.17) is 34.8 Å². The van der Waals surface area contributed by atoms with Crippen LogP contribution in [0.15, 0.2) is 42.5 Å². The van der Waals surface area contributed by atoms with Crippen molar-refractivity contribution in [2.75, 3.05) is 0 Å². The summed E-state index contributed by atoms with van der Waals surface area (Å²) in [4.78, 5) is 17.6. The van der Waals surface area contributed by atoms with Crippen LogP contribution in [0.2, 0.25) is 15.1 Å². The fraction of sp³-hybridized carbons (Fsp3) is 0.273. The first-order valence-corrected chi connectivity index (χ1v) is 10.6. The Bertz CT molecular complexity index is 1020. The summed E-state index contributed by atoms with van der Waals surface area (Å²) in [5.74, 6) is 0.107. The van der Waals surface area contributed by atoms with Gasteiger partial charge in [0.05, 0.1) is 16.4 Å². The maximum absolute atomic E-state index is 12.9. The second kappa shape index (κ2) is 9.21. The Morgan fingerprint density at radius 1 is 1.03 bits per heavy atom. The molecule has 0 radical (unpaired) electrons. The lowest BCUT2D eigenvalue weighted by atomic mass is 10.0. The minimum atomic E-state index is -0.215. The first-order chi connectivity index (χ1) is 13.8. The zero-order valence-corrected chi connectivity index (χ0v) is 18.7. The van der Waals surface area contributed by atoms with Crippen molar-refractivity contribution < 1.29 is 4.79 Å². The number of halogens is 3. The third-order valence-corrected chi connectivity index (χ3v) is 5.72. The molecule has 0 fully saturated rings. The van der Waals surface area contributed by atoms with Crippen LogP contribution in [-0.4, -0.2) is 21.5 Å². The molecule has 0 aliphatic carbocycles. The Balaban J connectivity index is 2.18. The van der Waals surface area contributed by atoms with E-state index in [9.17, 15) is 4.79 Å². The highest BCUT2D eigenvalue weighted by molar-refractivity contribution is 6.36. The number of hydrogen-bond donors (Lipinski definition) is 1. The van der Waals surface area contributed by atoms with Gasteiger partial charge >= 0.3 is 0 Å². The average Bonchev–Trinajstić information content (AvgIpc) is 3.03. The lowest BCUT2D eigenvalue weighted by molar-refractivity contribution is 0.0921. The van der Waals surface area contributed by atoms with E-state index in [-0.39, 0.29) is 11.9 Å². The van der Waals surface area contributed by atoms with Gasteiger partial charge < -0.3 is 9.88 Å². The molecule has 0 atom stereocenters. The van der Waals surface area contributed by atoms with Gasteiger partial charge in [-0.25, -0.2) is 4.98 Å². The van der Waals surface area contributed by atoms with Crippen molar-refractivity contribution in [2.24, 2.45) is 7.05 Å². The monoisotopic (exact) mass is 449 g/mol. The van der Waals surface area contributed by atoms with Crippen LogP contribution in [0, 0.1) is 0 Å². The fourth-order valence-corrected chi connectivity index (χ4v) is 3.88. The largest absolute Gasteiger partial charge is 0.347 e. The first kappa shape index (κ1) is 21.7. The Morgan fingerprint density at radius 3 is 2.24 bits per heavy atom. The molecule has 0 aliphatic rings. The topological polar surface area (TPSA) is 46.9 Å². The Morgan fingerprint density at radius 2 is 1.66 bits per heavy atom. The lowest BCUT2D eigenvalue weighted by Crippen LogP contribution is -2.35. The molecule has 1 amide bonds. The zero-order chi connectivity index (χ0) is 21.1. The molecule has 29 heavy (non-hydrogen) atoms. The van der Waals surface area contributed by atoms with Gasteiger partial charge in [0.1, 0.15) is 0 Å². The standard InChI is InChI=1S/C22H22Cl3N3O/c1-4-16(5-2)26-22(29)21-27-19(17-11-10-15(24)12-18(17)25)20(28(21)3)13-6-8-14(23)9-7-13/h6-12,16H,4-5H2,1-3H3,(H,26,29). The van der Waals surface area contributed by atoms with E-state index in [1.165, 1.54) is 0 Å². The van der Waals surface area contributed by atoms with Crippen LogP contribution in [0.3, 0.4) is 0 Å². The van der Waals surface area contributed by atoms with E-state index in [1.807, 2.05) is 39.1 Å². The molecule has 3 aromatic rings. The van der Waals surface area contributed by atoms with Crippen LogP contribution < -0.4 is 5.32 Å². The molecule has 0 saturated heterocycles. The molecule has 0 saturated carbocycles. The van der Waals surface area contributed by atoms with Gasteiger partial charge in [-0.3, -0.25) is 4.79 Å². The van der Waals surface area contributed by atoms with Crippen LogP contribution in [0.5, 0.6) is 0 Å². The Kier molecular flexibility index (Phi) is 6.89. The van der Waals surface area contributed by atoms with E-state index in [1.54, 1.807) is 28.8 Å². The summed E-state index contributed by atoms with van der Waals surface area (Å²) < 4.78 is 1.79. The smallest absolute Gasteiger partial charge is 0.287 e. The molecule has 3 rings (SSSR count). The highest BCUT2D eigenvalue weighted by Crippen LogP contribution is 2.37. The highest BCUT2D eigenvalue weighted by atomic mass is 35.5. The van der Waals surface area contributed by atoms with Crippen LogP contribution in [0.25, 0.3) is 22.5 Å². The van der Waals surface area contributed by atoms with Gasteiger partial charge in [-0.2, -0.15) is 0 Å². The number of rotatable bonds is 6. The second-order valence-corrected chi connectivity index (χ2v) is 8.09. The Labute approximate surface area is 185 Å². The van der Waals surface area contributed by atoms with Crippen molar-refractivity contribution >= 4 is 40.7 Å². The zero-order valence-electron chi connectivity index (χ0n) is 16.5. The lowest BCUT2D eigenvalue weighted by Gasteiger charge is -2.14. The summed E-state index contributed by atoms with van der Waals surface area (Å²) in [6, 6.07) is 12.7. The molecule has 152 valence electrons. The average molecular weight is 451 g/mol. The number of carbonyl (C=O) groups is 1. The summed E-state index contributed by atoms with van der Waals surface area (Å²) in [7, 11) is 1.83.